The Balaban J connectivity index is 1.64. The molecule has 1 amide bonds. The lowest BCUT2D eigenvalue weighted by Crippen LogP contribution is -2.32. The molecule has 1 aliphatic rings. The maximum absolute atomic E-state index is 12.9. The summed E-state index contributed by atoms with van der Waals surface area (Å²) >= 11 is 0. The van der Waals surface area contributed by atoms with E-state index in [-0.39, 0.29) is 16.9 Å². The van der Waals surface area contributed by atoms with Crippen molar-refractivity contribution in [2.24, 2.45) is 0 Å². The molecule has 2 heterocycles. The SMILES string of the molecule is CCN(CC)S(=O)(=O)c1ccc(C(=O)N2CCC(Oc3cncc(N(C)C)n3)C2)cc1. The minimum atomic E-state index is -3.54. The molecule has 0 aliphatic carbocycles. The summed E-state index contributed by atoms with van der Waals surface area (Å²) in [4.78, 5) is 25.2. The average Bonchev–Trinajstić information content (AvgIpc) is 3.22. The van der Waals surface area contributed by atoms with Crippen molar-refractivity contribution in [3.8, 4) is 5.88 Å². The lowest BCUT2D eigenvalue weighted by atomic mass is 10.2. The number of nitrogens with zero attached hydrogens (tertiary/aromatic N) is 5. The van der Waals surface area contributed by atoms with Gasteiger partial charge in [0, 0.05) is 45.7 Å². The Hall–Kier alpha value is -2.72. The molecule has 31 heavy (non-hydrogen) atoms. The topological polar surface area (TPSA) is 95.9 Å². The van der Waals surface area contributed by atoms with Gasteiger partial charge in [-0.2, -0.15) is 9.29 Å². The van der Waals surface area contributed by atoms with E-state index in [4.69, 9.17) is 4.74 Å². The number of likely N-dealkylation sites (tertiary alicyclic amines) is 1. The fourth-order valence-electron chi connectivity index (χ4n) is 3.45. The maximum Gasteiger partial charge on any atom is 0.253 e. The van der Waals surface area contributed by atoms with Gasteiger partial charge >= 0.3 is 0 Å². The highest BCUT2D eigenvalue weighted by molar-refractivity contribution is 7.89. The van der Waals surface area contributed by atoms with Crippen LogP contribution in [0.4, 0.5) is 5.82 Å². The van der Waals surface area contributed by atoms with Crippen LogP contribution in [-0.2, 0) is 10.0 Å². The lowest BCUT2D eigenvalue weighted by Gasteiger charge is -2.19. The number of anilines is 1. The zero-order valence-corrected chi connectivity index (χ0v) is 19.2. The molecule has 10 heteroatoms. The Morgan fingerprint density at radius 2 is 1.84 bits per heavy atom. The molecule has 0 spiro atoms. The summed E-state index contributed by atoms with van der Waals surface area (Å²) in [7, 11) is 0.211. The van der Waals surface area contributed by atoms with Crippen LogP contribution in [0.1, 0.15) is 30.6 Å². The summed E-state index contributed by atoms with van der Waals surface area (Å²) in [6.45, 7) is 5.39. The molecule has 0 saturated carbocycles. The van der Waals surface area contributed by atoms with Crippen LogP contribution in [0.15, 0.2) is 41.6 Å². The third-order valence-corrected chi connectivity index (χ3v) is 7.29. The van der Waals surface area contributed by atoms with Gasteiger partial charge in [-0.15, -0.1) is 0 Å². The van der Waals surface area contributed by atoms with Crippen LogP contribution in [0.3, 0.4) is 0 Å². The van der Waals surface area contributed by atoms with Gasteiger partial charge in [-0.25, -0.2) is 8.42 Å². The largest absolute Gasteiger partial charge is 0.471 e. The van der Waals surface area contributed by atoms with Crippen LogP contribution in [0.25, 0.3) is 0 Å². The molecule has 1 fully saturated rings. The number of carbonyl (C=O) groups excluding carboxylic acids is 1. The van der Waals surface area contributed by atoms with E-state index in [9.17, 15) is 13.2 Å². The van der Waals surface area contributed by atoms with Crippen molar-refractivity contribution >= 4 is 21.7 Å². The van der Waals surface area contributed by atoms with Gasteiger partial charge in [0.2, 0.25) is 15.9 Å². The molecule has 1 atom stereocenters. The van der Waals surface area contributed by atoms with E-state index in [2.05, 4.69) is 9.97 Å². The number of hydrogen-bond donors (Lipinski definition) is 0. The highest BCUT2D eigenvalue weighted by atomic mass is 32.2. The first kappa shape index (κ1) is 23.0. The summed E-state index contributed by atoms with van der Waals surface area (Å²) in [5.74, 6) is 0.977. The summed E-state index contributed by atoms with van der Waals surface area (Å²) in [5.41, 5.74) is 0.452. The number of carbonyl (C=O) groups is 1. The van der Waals surface area contributed by atoms with E-state index in [1.807, 2.05) is 19.0 Å². The van der Waals surface area contributed by atoms with Crippen molar-refractivity contribution in [2.75, 3.05) is 45.2 Å². The van der Waals surface area contributed by atoms with Crippen molar-refractivity contribution in [1.29, 1.82) is 0 Å². The van der Waals surface area contributed by atoms with Crippen LogP contribution in [0.2, 0.25) is 0 Å². The van der Waals surface area contributed by atoms with E-state index in [1.54, 1.807) is 43.3 Å². The first-order valence-corrected chi connectivity index (χ1v) is 11.8. The second-order valence-electron chi connectivity index (χ2n) is 7.50. The van der Waals surface area contributed by atoms with Gasteiger partial charge in [0.15, 0.2) is 5.82 Å². The Morgan fingerprint density at radius 1 is 1.16 bits per heavy atom. The minimum Gasteiger partial charge on any atom is -0.471 e. The maximum atomic E-state index is 12.9. The smallest absolute Gasteiger partial charge is 0.253 e. The number of benzene rings is 1. The number of hydrogen-bond acceptors (Lipinski definition) is 7. The van der Waals surface area contributed by atoms with Gasteiger partial charge < -0.3 is 14.5 Å². The van der Waals surface area contributed by atoms with Gasteiger partial charge in [0.25, 0.3) is 5.91 Å². The third kappa shape index (κ3) is 5.13. The van der Waals surface area contributed by atoms with Crippen LogP contribution >= 0.6 is 0 Å². The number of ether oxygens (including phenoxy) is 1. The number of aromatic nitrogens is 2. The fraction of sp³-hybridized carbons (Fsp3) is 0.476. The number of amides is 1. The molecular weight excluding hydrogens is 418 g/mol. The molecule has 2 aromatic rings. The van der Waals surface area contributed by atoms with E-state index >= 15 is 0 Å². The highest BCUT2D eigenvalue weighted by Crippen LogP contribution is 2.21. The van der Waals surface area contributed by atoms with E-state index < -0.39 is 10.0 Å². The van der Waals surface area contributed by atoms with Gasteiger partial charge in [0.05, 0.1) is 23.8 Å². The Kier molecular flexibility index (Phi) is 7.11. The lowest BCUT2D eigenvalue weighted by molar-refractivity contribution is 0.0771. The molecule has 3 rings (SSSR count). The molecule has 1 aromatic carbocycles. The summed E-state index contributed by atoms with van der Waals surface area (Å²) in [6, 6.07) is 6.12. The van der Waals surface area contributed by atoms with E-state index in [0.29, 0.717) is 49.9 Å². The zero-order valence-electron chi connectivity index (χ0n) is 18.4. The first-order valence-electron chi connectivity index (χ1n) is 10.3. The predicted molar refractivity (Wildman–Crippen MR) is 118 cm³/mol. The molecule has 1 aliphatic heterocycles. The minimum absolute atomic E-state index is 0.147. The molecule has 1 unspecified atom stereocenters. The van der Waals surface area contributed by atoms with Gasteiger partial charge in [-0.1, -0.05) is 13.8 Å². The molecular formula is C21H29N5O4S. The number of rotatable bonds is 8. The molecule has 168 valence electrons. The fourth-order valence-corrected chi connectivity index (χ4v) is 4.91. The van der Waals surface area contributed by atoms with Crippen molar-refractivity contribution in [3.05, 3.63) is 42.2 Å². The molecule has 0 radical (unpaired) electrons. The second-order valence-corrected chi connectivity index (χ2v) is 9.44. The summed E-state index contributed by atoms with van der Waals surface area (Å²) in [5, 5.41) is 0. The molecule has 0 N–H and O–H groups in total. The highest BCUT2D eigenvalue weighted by Gasteiger charge is 2.29. The predicted octanol–water partition coefficient (Wildman–Crippen LogP) is 1.87. The molecule has 1 aromatic heterocycles. The average molecular weight is 448 g/mol. The van der Waals surface area contributed by atoms with Gasteiger partial charge in [-0.05, 0) is 24.3 Å². The van der Waals surface area contributed by atoms with E-state index in [1.165, 1.54) is 16.4 Å². The summed E-state index contributed by atoms with van der Waals surface area (Å²) < 4.78 is 32.5. The van der Waals surface area contributed by atoms with Crippen molar-refractivity contribution in [2.45, 2.75) is 31.3 Å². The first-order chi connectivity index (χ1) is 14.8. The second kappa shape index (κ2) is 9.61. The van der Waals surface area contributed by atoms with E-state index in [0.717, 1.165) is 0 Å². The Morgan fingerprint density at radius 3 is 2.45 bits per heavy atom. The standard InChI is InChI=1S/C21H29N5O4S/c1-5-26(6-2)31(28,29)18-9-7-16(8-10-18)21(27)25-12-11-17(15-25)30-20-14-22-13-19(23-20)24(3)4/h7-10,13-14,17H,5-6,11-12,15H2,1-4H3. The quantitative estimate of drug-likeness (QED) is 0.609. The molecule has 1 saturated heterocycles. The Labute approximate surface area is 183 Å². The van der Waals surface area contributed by atoms with Gasteiger partial charge in [-0.3, -0.25) is 9.78 Å². The van der Waals surface area contributed by atoms with Crippen LogP contribution < -0.4 is 9.64 Å². The molecule has 9 nitrogen and oxygen atoms in total. The van der Waals surface area contributed by atoms with Gasteiger partial charge in [0.1, 0.15) is 6.10 Å². The zero-order chi connectivity index (χ0) is 22.6. The monoisotopic (exact) mass is 447 g/mol. The van der Waals surface area contributed by atoms with Crippen LogP contribution in [0, 0.1) is 0 Å². The summed E-state index contributed by atoms with van der Waals surface area (Å²) in [6.07, 6.45) is 3.74. The van der Waals surface area contributed by atoms with Crippen LogP contribution in [-0.4, -0.2) is 79.9 Å². The van der Waals surface area contributed by atoms with Crippen LogP contribution in [0.5, 0.6) is 5.88 Å². The normalized spacial score (nSPS) is 16.5. The Bertz CT molecular complexity index is 1010. The number of sulfonamides is 1. The third-order valence-electron chi connectivity index (χ3n) is 5.22. The van der Waals surface area contributed by atoms with Crippen molar-refractivity contribution in [1.82, 2.24) is 19.2 Å². The van der Waals surface area contributed by atoms with Crippen molar-refractivity contribution < 1.29 is 17.9 Å². The van der Waals surface area contributed by atoms with Crippen molar-refractivity contribution in [3.63, 3.8) is 0 Å². The molecule has 0 bridgehead atoms.